The minimum absolute atomic E-state index is 0.0127. The summed E-state index contributed by atoms with van der Waals surface area (Å²) >= 11 is 0. The number of aromatic amines is 1. The van der Waals surface area contributed by atoms with Crippen LogP contribution in [-0.2, 0) is 22.6 Å². The lowest BCUT2D eigenvalue weighted by Gasteiger charge is -2.17. The summed E-state index contributed by atoms with van der Waals surface area (Å²) in [5, 5.41) is 7.88. The Balaban J connectivity index is 1.84. The first kappa shape index (κ1) is 24.6. The third-order valence-electron chi connectivity index (χ3n) is 5.20. The molecular formula is C22H35N5O4. The minimum Gasteiger partial charge on any atom is -0.461 e. The second-order valence-electron chi connectivity index (χ2n) is 7.93. The van der Waals surface area contributed by atoms with Crippen molar-refractivity contribution in [1.82, 2.24) is 24.5 Å². The van der Waals surface area contributed by atoms with E-state index in [0.717, 1.165) is 36.7 Å². The van der Waals surface area contributed by atoms with Gasteiger partial charge in [-0.15, -0.1) is 5.10 Å². The van der Waals surface area contributed by atoms with Crippen LogP contribution in [0.5, 0.6) is 0 Å². The van der Waals surface area contributed by atoms with Crippen LogP contribution in [0, 0.1) is 0 Å². The van der Waals surface area contributed by atoms with Crippen LogP contribution in [0.25, 0.3) is 0 Å². The Labute approximate surface area is 182 Å². The van der Waals surface area contributed by atoms with Crippen molar-refractivity contribution in [2.75, 3.05) is 0 Å². The van der Waals surface area contributed by atoms with E-state index in [9.17, 15) is 14.4 Å². The van der Waals surface area contributed by atoms with Gasteiger partial charge in [-0.3, -0.25) is 14.2 Å². The van der Waals surface area contributed by atoms with Crippen molar-refractivity contribution < 1.29 is 9.53 Å². The number of aromatic nitrogens is 5. The lowest BCUT2D eigenvalue weighted by Crippen LogP contribution is -2.34. The molecule has 2 heterocycles. The van der Waals surface area contributed by atoms with Crippen LogP contribution in [0.2, 0.25) is 0 Å². The molecule has 9 heteroatoms. The maximum absolute atomic E-state index is 12.4. The summed E-state index contributed by atoms with van der Waals surface area (Å²) in [6, 6.07) is 1.27. The molecule has 1 N–H and O–H groups in total. The molecule has 2 aromatic rings. The zero-order valence-corrected chi connectivity index (χ0v) is 18.7. The first-order valence-electron chi connectivity index (χ1n) is 11.4. The van der Waals surface area contributed by atoms with Gasteiger partial charge in [0.2, 0.25) is 0 Å². The lowest BCUT2D eigenvalue weighted by molar-refractivity contribution is -0.150. The van der Waals surface area contributed by atoms with Crippen LogP contribution in [-0.4, -0.2) is 36.6 Å². The summed E-state index contributed by atoms with van der Waals surface area (Å²) in [5.74, 6) is -0.349. The molecule has 172 valence electrons. The maximum Gasteiger partial charge on any atom is 0.328 e. The monoisotopic (exact) mass is 433 g/mol. The van der Waals surface area contributed by atoms with Gasteiger partial charge in [-0.2, -0.15) is 0 Å². The molecule has 0 radical (unpaired) electrons. The Morgan fingerprint density at radius 3 is 2.52 bits per heavy atom. The highest BCUT2D eigenvalue weighted by molar-refractivity contribution is 5.69. The summed E-state index contributed by atoms with van der Waals surface area (Å²) in [6.07, 6.45) is 13.9. The number of unbranched alkanes of at least 4 members (excludes halogenated alkanes) is 6. The van der Waals surface area contributed by atoms with E-state index in [2.05, 4.69) is 29.1 Å². The Kier molecular flexibility index (Phi) is 10.7. The summed E-state index contributed by atoms with van der Waals surface area (Å²) in [4.78, 5) is 38.4. The normalized spacial score (nSPS) is 12.1. The number of nitrogens with zero attached hydrogens (tertiary/aromatic N) is 4. The summed E-state index contributed by atoms with van der Waals surface area (Å²) in [6.45, 7) is 4.27. The van der Waals surface area contributed by atoms with Crippen molar-refractivity contribution in [3.63, 3.8) is 0 Å². The predicted octanol–water partition coefficient (Wildman–Crippen LogP) is 3.03. The number of ether oxygens (including phenoxy) is 1. The van der Waals surface area contributed by atoms with Crippen LogP contribution in [0.3, 0.4) is 0 Å². The van der Waals surface area contributed by atoms with E-state index >= 15 is 0 Å². The van der Waals surface area contributed by atoms with Crippen LogP contribution >= 0.6 is 0 Å². The zero-order chi connectivity index (χ0) is 22.5. The molecule has 0 amide bonds. The highest BCUT2D eigenvalue weighted by Crippen LogP contribution is 2.15. The molecule has 0 saturated carbocycles. The number of carbonyl (C=O) groups is 1. The van der Waals surface area contributed by atoms with E-state index in [1.165, 1.54) is 49.0 Å². The third-order valence-corrected chi connectivity index (χ3v) is 5.20. The molecule has 0 aliphatic heterocycles. The van der Waals surface area contributed by atoms with Gasteiger partial charge in [-0.05, 0) is 19.3 Å². The molecule has 9 nitrogen and oxygen atoms in total. The minimum atomic E-state index is -0.519. The molecule has 0 aromatic carbocycles. The van der Waals surface area contributed by atoms with Gasteiger partial charge in [-0.1, -0.05) is 64.0 Å². The summed E-state index contributed by atoms with van der Waals surface area (Å²) in [5.41, 5.74) is -0.526. The van der Waals surface area contributed by atoms with E-state index in [1.54, 1.807) is 6.20 Å². The van der Waals surface area contributed by atoms with Gasteiger partial charge in [0.05, 0.1) is 12.7 Å². The van der Waals surface area contributed by atoms with Crippen LogP contribution in [0.4, 0.5) is 0 Å². The summed E-state index contributed by atoms with van der Waals surface area (Å²) < 4.78 is 8.11. The predicted molar refractivity (Wildman–Crippen MR) is 118 cm³/mol. The largest absolute Gasteiger partial charge is 0.461 e. The highest BCUT2D eigenvalue weighted by Gasteiger charge is 2.15. The van der Waals surface area contributed by atoms with Gasteiger partial charge in [-0.25, -0.2) is 9.48 Å². The van der Waals surface area contributed by atoms with E-state index in [1.807, 2.05) is 0 Å². The molecule has 0 saturated heterocycles. The van der Waals surface area contributed by atoms with Crippen molar-refractivity contribution in [3.05, 3.63) is 45.0 Å². The second-order valence-corrected chi connectivity index (χ2v) is 7.93. The Bertz CT molecular complexity index is 873. The number of rotatable bonds is 15. The SMILES string of the molecule is CCCCCCCCC(CCCC)OC(=O)Cn1cc(Cn2c(=O)cc[nH]c2=O)nn1. The van der Waals surface area contributed by atoms with Crippen LogP contribution < -0.4 is 11.2 Å². The Morgan fingerprint density at radius 2 is 1.77 bits per heavy atom. The van der Waals surface area contributed by atoms with Crippen LogP contribution in [0.15, 0.2) is 28.0 Å². The van der Waals surface area contributed by atoms with Crippen molar-refractivity contribution in [2.45, 2.75) is 97.2 Å². The number of hydrogen-bond acceptors (Lipinski definition) is 6. The van der Waals surface area contributed by atoms with E-state index < -0.39 is 11.2 Å². The average Bonchev–Trinajstić information content (AvgIpc) is 3.18. The van der Waals surface area contributed by atoms with Crippen molar-refractivity contribution in [1.29, 1.82) is 0 Å². The van der Waals surface area contributed by atoms with E-state index in [0.29, 0.717) is 5.69 Å². The fourth-order valence-electron chi connectivity index (χ4n) is 3.45. The van der Waals surface area contributed by atoms with Crippen LogP contribution in [0.1, 0.15) is 83.7 Å². The fraction of sp³-hybridized carbons (Fsp3) is 0.682. The molecular weight excluding hydrogens is 398 g/mol. The van der Waals surface area contributed by atoms with Crippen molar-refractivity contribution in [3.8, 4) is 0 Å². The lowest BCUT2D eigenvalue weighted by atomic mass is 10.0. The Morgan fingerprint density at radius 1 is 1.06 bits per heavy atom. The quantitative estimate of drug-likeness (QED) is 0.341. The molecule has 1 unspecified atom stereocenters. The third kappa shape index (κ3) is 8.90. The molecule has 0 aliphatic carbocycles. The first-order chi connectivity index (χ1) is 15.0. The molecule has 0 bridgehead atoms. The van der Waals surface area contributed by atoms with E-state index in [4.69, 9.17) is 4.74 Å². The van der Waals surface area contributed by atoms with Gasteiger partial charge < -0.3 is 9.72 Å². The summed E-state index contributed by atoms with van der Waals surface area (Å²) in [7, 11) is 0. The highest BCUT2D eigenvalue weighted by atomic mass is 16.5. The van der Waals surface area contributed by atoms with Gasteiger partial charge in [0, 0.05) is 12.3 Å². The number of carbonyl (C=O) groups excluding carboxylic acids is 1. The smallest absolute Gasteiger partial charge is 0.328 e. The number of hydrogen-bond donors (Lipinski definition) is 1. The first-order valence-corrected chi connectivity index (χ1v) is 11.4. The van der Waals surface area contributed by atoms with Crippen molar-refractivity contribution in [2.24, 2.45) is 0 Å². The molecule has 2 rings (SSSR count). The molecule has 31 heavy (non-hydrogen) atoms. The van der Waals surface area contributed by atoms with Crippen molar-refractivity contribution >= 4 is 5.97 Å². The average molecular weight is 434 g/mol. The van der Waals surface area contributed by atoms with Gasteiger partial charge in [0.1, 0.15) is 18.3 Å². The molecule has 1 atom stereocenters. The molecule has 0 fully saturated rings. The zero-order valence-electron chi connectivity index (χ0n) is 18.7. The topological polar surface area (TPSA) is 112 Å². The standard InChI is InChI=1S/C22H35N5O4/c1-3-5-7-8-9-10-12-19(11-6-4-2)31-21(29)17-26-15-18(24-25-26)16-27-20(28)13-14-23-22(27)30/h13-15,19H,3-12,16-17H2,1-2H3,(H,23,30). The number of H-pyrrole nitrogens is 1. The van der Waals surface area contributed by atoms with Gasteiger partial charge in [0.25, 0.3) is 5.56 Å². The van der Waals surface area contributed by atoms with Gasteiger partial charge >= 0.3 is 11.7 Å². The van der Waals surface area contributed by atoms with Gasteiger partial charge in [0.15, 0.2) is 0 Å². The number of esters is 1. The Hall–Kier alpha value is -2.71. The molecule has 2 aromatic heterocycles. The fourth-order valence-corrected chi connectivity index (χ4v) is 3.45. The molecule has 0 spiro atoms. The second kappa shape index (κ2) is 13.6. The maximum atomic E-state index is 12.4. The molecule has 0 aliphatic rings. The number of nitrogens with one attached hydrogen (secondary N) is 1. The van der Waals surface area contributed by atoms with E-state index in [-0.39, 0.29) is 25.2 Å².